The van der Waals surface area contributed by atoms with Crippen molar-refractivity contribution in [2.45, 2.75) is 30.4 Å². The molecule has 1 aromatic heterocycles. The zero-order valence-electron chi connectivity index (χ0n) is 16.3. The summed E-state index contributed by atoms with van der Waals surface area (Å²) in [5.74, 6) is 0.124. The van der Waals surface area contributed by atoms with Gasteiger partial charge in [-0.15, -0.1) is 0 Å². The third-order valence-electron chi connectivity index (χ3n) is 5.77. The SMILES string of the molecule is COc1nc2ccccc2cc1C(c1ccc(Cl)cc1)C1(O)CCNC(CO)C1. The zero-order chi connectivity index (χ0) is 20.4. The van der Waals surface area contributed by atoms with Crippen LogP contribution in [0.25, 0.3) is 10.9 Å². The van der Waals surface area contributed by atoms with Crippen LogP contribution < -0.4 is 10.1 Å². The number of methoxy groups -OCH3 is 1. The predicted octanol–water partition coefficient (Wildman–Crippen LogP) is 3.50. The number of nitrogens with one attached hydrogen (secondary N) is 1. The highest BCUT2D eigenvalue weighted by molar-refractivity contribution is 6.30. The molecule has 3 N–H and O–H groups in total. The second-order valence-electron chi connectivity index (χ2n) is 7.66. The van der Waals surface area contributed by atoms with Crippen LogP contribution in [0.5, 0.6) is 5.88 Å². The van der Waals surface area contributed by atoms with Gasteiger partial charge in [-0.1, -0.05) is 41.9 Å². The van der Waals surface area contributed by atoms with Crippen LogP contribution in [0.3, 0.4) is 0 Å². The molecule has 3 atom stereocenters. The number of hydrogen-bond donors (Lipinski definition) is 3. The van der Waals surface area contributed by atoms with E-state index in [1.54, 1.807) is 7.11 Å². The average molecular weight is 413 g/mol. The van der Waals surface area contributed by atoms with Crippen molar-refractivity contribution in [1.29, 1.82) is 0 Å². The van der Waals surface area contributed by atoms with Crippen molar-refractivity contribution in [2.75, 3.05) is 20.3 Å². The molecule has 0 aliphatic carbocycles. The van der Waals surface area contributed by atoms with E-state index >= 15 is 0 Å². The minimum atomic E-state index is -1.07. The van der Waals surface area contributed by atoms with Gasteiger partial charge in [-0.3, -0.25) is 0 Å². The Kier molecular flexibility index (Phi) is 5.74. The number of nitrogens with zero attached hydrogens (tertiary/aromatic N) is 1. The van der Waals surface area contributed by atoms with Crippen LogP contribution in [-0.2, 0) is 0 Å². The molecule has 2 heterocycles. The molecule has 1 aliphatic rings. The van der Waals surface area contributed by atoms with E-state index in [0.717, 1.165) is 22.0 Å². The highest BCUT2D eigenvalue weighted by Gasteiger charge is 2.44. The summed E-state index contributed by atoms with van der Waals surface area (Å²) >= 11 is 6.12. The van der Waals surface area contributed by atoms with Crippen molar-refractivity contribution in [3.63, 3.8) is 0 Å². The molecule has 29 heavy (non-hydrogen) atoms. The Bertz CT molecular complexity index is 995. The largest absolute Gasteiger partial charge is 0.481 e. The Hall–Kier alpha value is -2.18. The van der Waals surface area contributed by atoms with Gasteiger partial charge in [0, 0.05) is 27.9 Å². The first-order valence-corrected chi connectivity index (χ1v) is 10.2. The summed E-state index contributed by atoms with van der Waals surface area (Å²) in [5.41, 5.74) is 1.54. The monoisotopic (exact) mass is 412 g/mol. The smallest absolute Gasteiger partial charge is 0.217 e. The number of fused-ring (bicyclic) bond motifs is 1. The number of aromatic nitrogens is 1. The average Bonchev–Trinajstić information content (AvgIpc) is 2.74. The number of para-hydroxylation sites is 1. The summed E-state index contributed by atoms with van der Waals surface area (Å²) in [6.07, 6.45) is 0.972. The summed E-state index contributed by atoms with van der Waals surface area (Å²) in [4.78, 5) is 4.70. The number of halogens is 1. The molecule has 6 heteroatoms. The van der Waals surface area contributed by atoms with E-state index < -0.39 is 5.60 Å². The van der Waals surface area contributed by atoms with Gasteiger partial charge >= 0.3 is 0 Å². The maximum absolute atomic E-state index is 11.8. The normalized spacial score (nSPS) is 23.1. The van der Waals surface area contributed by atoms with Crippen LogP contribution in [0.2, 0.25) is 5.02 Å². The maximum atomic E-state index is 11.8. The van der Waals surface area contributed by atoms with Crippen LogP contribution in [0, 0.1) is 0 Å². The standard InChI is InChI=1S/C23H25ClN2O3/c1-29-22-19(12-16-4-2-3-5-20(16)26-22)21(15-6-8-17(24)9-7-15)23(28)10-11-25-18(13-23)14-27/h2-9,12,18,21,25,27-28H,10-11,13-14H2,1H3. The van der Waals surface area contributed by atoms with E-state index in [-0.39, 0.29) is 18.6 Å². The molecule has 3 unspecified atom stereocenters. The number of benzene rings is 2. The first kappa shape index (κ1) is 20.1. The van der Waals surface area contributed by atoms with Crippen LogP contribution >= 0.6 is 11.6 Å². The van der Waals surface area contributed by atoms with E-state index in [0.29, 0.717) is 30.3 Å². The highest BCUT2D eigenvalue weighted by Crippen LogP contribution is 2.45. The molecular formula is C23H25ClN2O3. The minimum Gasteiger partial charge on any atom is -0.481 e. The molecule has 0 radical (unpaired) electrons. The van der Waals surface area contributed by atoms with Crippen molar-refractivity contribution in [3.8, 4) is 5.88 Å². The molecule has 0 bridgehead atoms. The number of hydrogen-bond acceptors (Lipinski definition) is 5. The quantitative estimate of drug-likeness (QED) is 0.598. The van der Waals surface area contributed by atoms with Crippen LogP contribution in [0.4, 0.5) is 0 Å². The lowest BCUT2D eigenvalue weighted by Crippen LogP contribution is -2.52. The van der Waals surface area contributed by atoms with Gasteiger partial charge in [-0.05, 0) is 49.2 Å². The molecule has 1 aliphatic heterocycles. The van der Waals surface area contributed by atoms with Gasteiger partial charge in [0.25, 0.3) is 0 Å². The van der Waals surface area contributed by atoms with Crippen molar-refractivity contribution < 1.29 is 14.9 Å². The number of piperidine rings is 1. The molecule has 0 amide bonds. The summed E-state index contributed by atoms with van der Waals surface area (Å²) < 4.78 is 5.66. The first-order valence-electron chi connectivity index (χ1n) is 9.80. The van der Waals surface area contributed by atoms with E-state index in [2.05, 4.69) is 5.32 Å². The van der Waals surface area contributed by atoms with Gasteiger partial charge in [-0.25, -0.2) is 4.98 Å². The number of rotatable bonds is 5. The summed E-state index contributed by atoms with van der Waals surface area (Å²) in [6, 6.07) is 17.3. The lowest BCUT2D eigenvalue weighted by Gasteiger charge is -2.43. The summed E-state index contributed by atoms with van der Waals surface area (Å²) in [6.45, 7) is 0.595. The molecule has 0 saturated carbocycles. The summed E-state index contributed by atoms with van der Waals surface area (Å²) in [5, 5.41) is 26.4. The molecule has 3 aromatic rings. The van der Waals surface area contributed by atoms with Gasteiger partial charge in [0.2, 0.25) is 5.88 Å². The number of aliphatic hydroxyl groups is 2. The third-order valence-corrected chi connectivity index (χ3v) is 6.02. The van der Waals surface area contributed by atoms with E-state index in [1.807, 2.05) is 54.6 Å². The van der Waals surface area contributed by atoms with E-state index in [9.17, 15) is 10.2 Å². The number of pyridine rings is 1. The highest BCUT2D eigenvalue weighted by atomic mass is 35.5. The molecule has 1 fully saturated rings. The van der Waals surface area contributed by atoms with Crippen molar-refractivity contribution in [2.24, 2.45) is 0 Å². The number of aliphatic hydroxyl groups excluding tert-OH is 1. The molecule has 4 rings (SSSR count). The predicted molar refractivity (Wildman–Crippen MR) is 115 cm³/mol. The van der Waals surface area contributed by atoms with Gasteiger partial charge < -0.3 is 20.3 Å². The molecule has 5 nitrogen and oxygen atoms in total. The van der Waals surface area contributed by atoms with Crippen molar-refractivity contribution in [3.05, 3.63) is 70.7 Å². The van der Waals surface area contributed by atoms with E-state index in [1.165, 1.54) is 0 Å². The Morgan fingerprint density at radius 3 is 2.72 bits per heavy atom. The lowest BCUT2D eigenvalue weighted by atomic mass is 9.71. The Morgan fingerprint density at radius 2 is 2.00 bits per heavy atom. The fourth-order valence-corrected chi connectivity index (χ4v) is 4.53. The molecule has 152 valence electrons. The van der Waals surface area contributed by atoms with Crippen LogP contribution in [0.15, 0.2) is 54.6 Å². The Morgan fingerprint density at radius 1 is 1.24 bits per heavy atom. The first-order chi connectivity index (χ1) is 14.0. The van der Waals surface area contributed by atoms with Gasteiger partial charge in [-0.2, -0.15) is 0 Å². The zero-order valence-corrected chi connectivity index (χ0v) is 17.1. The number of ether oxygens (including phenoxy) is 1. The second kappa shape index (κ2) is 8.28. The second-order valence-corrected chi connectivity index (χ2v) is 8.09. The Labute approximate surface area is 175 Å². The fourth-order valence-electron chi connectivity index (χ4n) is 4.40. The fraction of sp³-hybridized carbons (Fsp3) is 0.348. The van der Waals surface area contributed by atoms with Crippen molar-refractivity contribution in [1.82, 2.24) is 10.3 Å². The molecular weight excluding hydrogens is 388 g/mol. The topological polar surface area (TPSA) is 74.6 Å². The van der Waals surface area contributed by atoms with Gasteiger partial charge in [0.05, 0.1) is 24.8 Å². The van der Waals surface area contributed by atoms with Gasteiger partial charge in [0.1, 0.15) is 0 Å². The molecule has 1 saturated heterocycles. The molecule has 0 spiro atoms. The Balaban J connectivity index is 1.91. The summed E-state index contributed by atoms with van der Waals surface area (Å²) in [7, 11) is 1.60. The van der Waals surface area contributed by atoms with Crippen LogP contribution in [-0.4, -0.2) is 47.1 Å². The van der Waals surface area contributed by atoms with Crippen molar-refractivity contribution >= 4 is 22.5 Å². The molecule has 2 aromatic carbocycles. The maximum Gasteiger partial charge on any atom is 0.217 e. The van der Waals surface area contributed by atoms with Gasteiger partial charge in [0.15, 0.2) is 0 Å². The minimum absolute atomic E-state index is 0.0250. The lowest BCUT2D eigenvalue weighted by molar-refractivity contribution is -0.0261. The van der Waals surface area contributed by atoms with E-state index in [4.69, 9.17) is 21.3 Å². The third kappa shape index (κ3) is 3.96. The van der Waals surface area contributed by atoms with Crippen LogP contribution in [0.1, 0.15) is 29.9 Å².